The van der Waals surface area contributed by atoms with Crippen LogP contribution in [-0.2, 0) is 0 Å². The average Bonchev–Trinajstić information content (AvgIpc) is 2.64. The van der Waals surface area contributed by atoms with Gasteiger partial charge in [-0.05, 0) is 44.6 Å². The number of aliphatic hydroxyl groups excluding tert-OH is 1. The Balaban J connectivity index is 1.78. The molecule has 0 radical (unpaired) electrons. The molecule has 2 nitrogen and oxygen atoms in total. The molecular formula is C13H23F2NO. The summed E-state index contributed by atoms with van der Waals surface area (Å²) < 4.78 is 26.5. The Morgan fingerprint density at radius 1 is 1.41 bits per heavy atom. The van der Waals surface area contributed by atoms with Crippen LogP contribution in [-0.4, -0.2) is 41.7 Å². The molecule has 2 aliphatic rings. The largest absolute Gasteiger partial charge is 0.393 e. The van der Waals surface area contributed by atoms with Gasteiger partial charge in [0.2, 0.25) is 5.92 Å². The Morgan fingerprint density at radius 3 is 2.76 bits per heavy atom. The maximum atomic E-state index is 13.3. The first-order chi connectivity index (χ1) is 7.96. The van der Waals surface area contributed by atoms with Gasteiger partial charge in [0.1, 0.15) is 0 Å². The Hall–Kier alpha value is -0.220. The van der Waals surface area contributed by atoms with Crippen molar-refractivity contribution in [3.8, 4) is 0 Å². The minimum Gasteiger partial charge on any atom is -0.393 e. The van der Waals surface area contributed by atoms with E-state index in [9.17, 15) is 13.9 Å². The number of alkyl halides is 2. The molecule has 1 heterocycles. The number of halogens is 2. The smallest absolute Gasteiger partial charge is 0.248 e. The van der Waals surface area contributed by atoms with Gasteiger partial charge in [-0.15, -0.1) is 0 Å². The molecule has 1 aliphatic carbocycles. The van der Waals surface area contributed by atoms with Crippen molar-refractivity contribution in [2.75, 3.05) is 19.6 Å². The fourth-order valence-electron chi connectivity index (χ4n) is 3.22. The van der Waals surface area contributed by atoms with E-state index in [2.05, 4.69) is 4.90 Å². The third-order valence-corrected chi connectivity index (χ3v) is 4.25. The zero-order chi connectivity index (χ0) is 12.5. The summed E-state index contributed by atoms with van der Waals surface area (Å²) in [7, 11) is 0. The molecule has 1 saturated heterocycles. The van der Waals surface area contributed by atoms with Gasteiger partial charge in [0.25, 0.3) is 0 Å². The molecule has 3 unspecified atom stereocenters. The van der Waals surface area contributed by atoms with Gasteiger partial charge in [0.15, 0.2) is 0 Å². The quantitative estimate of drug-likeness (QED) is 0.828. The molecule has 4 heteroatoms. The summed E-state index contributed by atoms with van der Waals surface area (Å²) in [6, 6.07) is 0. The van der Waals surface area contributed by atoms with Crippen LogP contribution in [0.5, 0.6) is 0 Å². The lowest BCUT2D eigenvalue weighted by molar-refractivity contribution is -0.0563. The van der Waals surface area contributed by atoms with Crippen molar-refractivity contribution in [2.24, 2.45) is 11.8 Å². The highest BCUT2D eigenvalue weighted by Gasteiger charge is 2.37. The van der Waals surface area contributed by atoms with E-state index in [1.165, 1.54) is 0 Å². The van der Waals surface area contributed by atoms with Crippen molar-refractivity contribution in [3.05, 3.63) is 0 Å². The van der Waals surface area contributed by atoms with E-state index in [1.54, 1.807) is 0 Å². The average molecular weight is 247 g/mol. The second-order valence-corrected chi connectivity index (χ2v) is 5.87. The third kappa shape index (κ3) is 3.62. The van der Waals surface area contributed by atoms with Gasteiger partial charge in [-0.1, -0.05) is 0 Å². The SMILES string of the molecule is CC(O)C1CCN(CC2CCCC(F)(F)C2)C1. The normalized spacial score (nSPS) is 36.0. The van der Waals surface area contributed by atoms with Crippen LogP contribution >= 0.6 is 0 Å². The zero-order valence-electron chi connectivity index (χ0n) is 10.5. The van der Waals surface area contributed by atoms with E-state index in [-0.39, 0.29) is 24.9 Å². The summed E-state index contributed by atoms with van der Waals surface area (Å²) in [6.45, 7) is 4.44. The summed E-state index contributed by atoms with van der Waals surface area (Å²) in [5.41, 5.74) is 0. The molecule has 0 aromatic rings. The number of likely N-dealkylation sites (tertiary alicyclic amines) is 1. The van der Waals surface area contributed by atoms with Crippen LogP contribution < -0.4 is 0 Å². The number of nitrogens with zero attached hydrogens (tertiary/aromatic N) is 1. The van der Waals surface area contributed by atoms with Gasteiger partial charge in [-0.3, -0.25) is 0 Å². The van der Waals surface area contributed by atoms with Crippen molar-refractivity contribution in [3.63, 3.8) is 0 Å². The predicted octanol–water partition coefficient (Wildman–Crippen LogP) is 2.51. The molecule has 0 amide bonds. The number of hydrogen-bond acceptors (Lipinski definition) is 2. The van der Waals surface area contributed by atoms with Gasteiger partial charge in [-0.25, -0.2) is 8.78 Å². The van der Waals surface area contributed by atoms with Crippen LogP contribution in [0.15, 0.2) is 0 Å². The highest BCUT2D eigenvalue weighted by atomic mass is 19.3. The molecule has 1 N–H and O–H groups in total. The molecule has 0 aromatic heterocycles. The molecule has 3 atom stereocenters. The summed E-state index contributed by atoms with van der Waals surface area (Å²) in [6.07, 6.45) is 2.45. The summed E-state index contributed by atoms with van der Waals surface area (Å²) in [5, 5.41) is 9.51. The lowest BCUT2D eigenvalue weighted by Gasteiger charge is -2.31. The van der Waals surface area contributed by atoms with Crippen molar-refractivity contribution >= 4 is 0 Å². The molecule has 0 aromatic carbocycles. The first-order valence-electron chi connectivity index (χ1n) is 6.74. The van der Waals surface area contributed by atoms with Crippen LogP contribution in [0.2, 0.25) is 0 Å². The molecule has 0 bridgehead atoms. The monoisotopic (exact) mass is 247 g/mol. The maximum Gasteiger partial charge on any atom is 0.248 e. The van der Waals surface area contributed by atoms with Gasteiger partial charge >= 0.3 is 0 Å². The molecule has 17 heavy (non-hydrogen) atoms. The van der Waals surface area contributed by atoms with Crippen LogP contribution in [0, 0.1) is 11.8 Å². The van der Waals surface area contributed by atoms with Crippen molar-refractivity contribution < 1.29 is 13.9 Å². The molecule has 2 rings (SSSR count). The number of rotatable bonds is 3. The van der Waals surface area contributed by atoms with Crippen molar-refractivity contribution in [1.29, 1.82) is 0 Å². The van der Waals surface area contributed by atoms with Gasteiger partial charge in [-0.2, -0.15) is 0 Å². The van der Waals surface area contributed by atoms with Crippen LogP contribution in [0.4, 0.5) is 8.78 Å². The molecule has 0 spiro atoms. The van der Waals surface area contributed by atoms with Crippen molar-refractivity contribution in [1.82, 2.24) is 4.90 Å². The molecule has 1 aliphatic heterocycles. The zero-order valence-corrected chi connectivity index (χ0v) is 10.5. The second-order valence-electron chi connectivity index (χ2n) is 5.87. The Kier molecular flexibility index (Phi) is 4.03. The van der Waals surface area contributed by atoms with E-state index in [0.29, 0.717) is 12.3 Å². The fourth-order valence-corrected chi connectivity index (χ4v) is 3.22. The van der Waals surface area contributed by atoms with Gasteiger partial charge in [0, 0.05) is 25.9 Å². The lowest BCUT2D eigenvalue weighted by Crippen LogP contribution is -2.35. The summed E-state index contributed by atoms with van der Waals surface area (Å²) in [4.78, 5) is 2.25. The summed E-state index contributed by atoms with van der Waals surface area (Å²) >= 11 is 0. The Bertz CT molecular complexity index is 258. The molecule has 1 saturated carbocycles. The minimum absolute atomic E-state index is 0.0584. The van der Waals surface area contributed by atoms with Gasteiger partial charge < -0.3 is 10.0 Å². The minimum atomic E-state index is -2.44. The predicted molar refractivity (Wildman–Crippen MR) is 63.1 cm³/mol. The Labute approximate surface area is 102 Å². The third-order valence-electron chi connectivity index (χ3n) is 4.25. The van der Waals surface area contributed by atoms with E-state index in [4.69, 9.17) is 0 Å². The maximum absolute atomic E-state index is 13.3. The standard InChI is InChI=1S/C13H23F2NO/c1-10(17)12-4-6-16(9-12)8-11-3-2-5-13(14,15)7-11/h10-12,17H,2-9H2,1H3. The van der Waals surface area contributed by atoms with E-state index in [0.717, 1.165) is 32.5 Å². The first-order valence-corrected chi connectivity index (χ1v) is 6.74. The van der Waals surface area contributed by atoms with E-state index < -0.39 is 5.92 Å². The second kappa shape index (κ2) is 5.19. The highest BCUT2D eigenvalue weighted by Crippen LogP contribution is 2.37. The number of aliphatic hydroxyl groups is 1. The van der Waals surface area contributed by atoms with Gasteiger partial charge in [0.05, 0.1) is 6.10 Å². The van der Waals surface area contributed by atoms with Crippen LogP contribution in [0.1, 0.15) is 39.0 Å². The van der Waals surface area contributed by atoms with Crippen LogP contribution in [0.25, 0.3) is 0 Å². The fraction of sp³-hybridized carbons (Fsp3) is 1.00. The van der Waals surface area contributed by atoms with E-state index >= 15 is 0 Å². The number of hydrogen-bond donors (Lipinski definition) is 1. The molecule has 2 fully saturated rings. The summed E-state index contributed by atoms with van der Waals surface area (Å²) in [5.74, 6) is -1.96. The Morgan fingerprint density at radius 2 is 2.18 bits per heavy atom. The molecular weight excluding hydrogens is 224 g/mol. The van der Waals surface area contributed by atoms with E-state index in [1.807, 2.05) is 6.92 Å². The van der Waals surface area contributed by atoms with Crippen molar-refractivity contribution in [2.45, 2.75) is 51.1 Å². The lowest BCUT2D eigenvalue weighted by atomic mass is 9.86. The molecule has 100 valence electrons. The topological polar surface area (TPSA) is 23.5 Å². The highest BCUT2D eigenvalue weighted by molar-refractivity contribution is 4.84. The first kappa shape index (κ1) is 13.2. The van der Waals surface area contributed by atoms with Crippen LogP contribution in [0.3, 0.4) is 0 Å².